The van der Waals surface area contributed by atoms with Crippen LogP contribution in [0.15, 0.2) is 11.5 Å². The van der Waals surface area contributed by atoms with Crippen LogP contribution in [-0.4, -0.2) is 41.1 Å². The van der Waals surface area contributed by atoms with E-state index in [1.54, 1.807) is 0 Å². The van der Waals surface area contributed by atoms with Crippen LogP contribution in [0.3, 0.4) is 0 Å². The Bertz CT molecular complexity index is 1150. The maximum Gasteiger partial charge on any atom is 1.00 e. The molecule has 5 rings (SSSR count). The van der Waals surface area contributed by atoms with Crippen LogP contribution in [0.4, 0.5) is 0 Å². The molecule has 4 saturated carbocycles. The largest absolute Gasteiger partial charge is 1.00 e. The van der Waals surface area contributed by atoms with Gasteiger partial charge in [0.25, 0.3) is 0 Å². The van der Waals surface area contributed by atoms with Crippen molar-refractivity contribution in [1.82, 2.24) is 0 Å². The molecule has 0 bridgehead atoms. The third-order valence-corrected chi connectivity index (χ3v) is 14.5. The molecule has 1 heterocycles. The number of cyclic esters (lactones) is 1. The SMILES string of the molecule is CC(C)[C@H](C)CC[C@@H](C)[C@H]1CC[C@H]2[C@@H]3CC[C@H]4C[C@@H](OP(=O)([O-])OC5=C([O-])C(=O)O[C@@H]5[C@@H](O)CO)CC[C@]4(C)[C@H]3CC[C@]12C.[Na+].[Na+]. The van der Waals surface area contributed by atoms with Crippen molar-refractivity contribution in [3.63, 3.8) is 0 Å². The van der Waals surface area contributed by atoms with Crippen LogP contribution in [0.5, 0.6) is 0 Å². The minimum Gasteiger partial charge on any atom is -0.865 e. The molecule has 0 aromatic carbocycles. The molecule has 46 heavy (non-hydrogen) atoms. The molecule has 5 aliphatic rings. The zero-order chi connectivity index (χ0) is 32.2. The van der Waals surface area contributed by atoms with Crippen molar-refractivity contribution in [2.45, 2.75) is 130 Å². The van der Waals surface area contributed by atoms with Gasteiger partial charge in [0.05, 0.1) is 12.7 Å². The predicted molar refractivity (Wildman–Crippen MR) is 161 cm³/mol. The van der Waals surface area contributed by atoms with Crippen molar-refractivity contribution in [2.24, 2.45) is 58.2 Å². The van der Waals surface area contributed by atoms with Crippen LogP contribution in [0.1, 0.15) is 112 Å². The summed E-state index contributed by atoms with van der Waals surface area (Å²) in [7, 11) is -5.05. The Balaban J connectivity index is 0.00000288. The topological polar surface area (TPSA) is 148 Å². The number of aliphatic hydroxyl groups is 2. The molecule has 13 atom stereocenters. The zero-order valence-corrected chi connectivity index (χ0v) is 34.4. The number of carbonyl (C=O) groups is 1. The van der Waals surface area contributed by atoms with Gasteiger partial charge >= 0.3 is 72.9 Å². The number of ether oxygens (including phenoxy) is 1. The maximum atomic E-state index is 12.9. The normalized spacial score (nSPS) is 40.3. The first-order valence-electron chi connectivity index (χ1n) is 17.2. The van der Waals surface area contributed by atoms with E-state index in [0.717, 1.165) is 48.3 Å². The Morgan fingerprint density at radius 1 is 0.978 bits per heavy atom. The average molecular weight is 685 g/mol. The van der Waals surface area contributed by atoms with Crippen LogP contribution < -0.4 is 69.1 Å². The summed E-state index contributed by atoms with van der Waals surface area (Å²) in [6.45, 7) is 13.8. The molecular formula is C34H55Na2O9P. The number of esters is 1. The van der Waals surface area contributed by atoms with E-state index in [0.29, 0.717) is 30.1 Å². The van der Waals surface area contributed by atoms with Gasteiger partial charge in [-0.25, -0.2) is 4.79 Å². The van der Waals surface area contributed by atoms with Crippen LogP contribution in [-0.2, 0) is 23.1 Å². The summed E-state index contributed by atoms with van der Waals surface area (Å²) in [5.41, 5.74) is 0.556. The Morgan fingerprint density at radius 2 is 1.63 bits per heavy atom. The minimum atomic E-state index is -5.05. The molecule has 252 valence electrons. The Kier molecular flexibility index (Phi) is 14.4. The molecule has 1 aliphatic heterocycles. The van der Waals surface area contributed by atoms with Crippen molar-refractivity contribution in [3.05, 3.63) is 11.5 Å². The molecule has 0 spiro atoms. The number of phosphoric ester groups is 1. The summed E-state index contributed by atoms with van der Waals surface area (Å²) in [6.07, 6.45) is 8.21. The van der Waals surface area contributed by atoms with Gasteiger partial charge in [-0.2, -0.15) is 0 Å². The molecule has 0 amide bonds. The van der Waals surface area contributed by atoms with Gasteiger partial charge in [-0.3, -0.25) is 4.57 Å². The molecular weight excluding hydrogens is 629 g/mol. The van der Waals surface area contributed by atoms with Crippen LogP contribution in [0.2, 0.25) is 0 Å². The van der Waals surface area contributed by atoms with Crippen molar-refractivity contribution in [1.29, 1.82) is 0 Å². The van der Waals surface area contributed by atoms with E-state index in [-0.39, 0.29) is 64.5 Å². The summed E-state index contributed by atoms with van der Waals surface area (Å²) in [5, 5.41) is 31.3. The van der Waals surface area contributed by atoms with Gasteiger partial charge in [-0.15, -0.1) is 0 Å². The number of phosphoric acid groups is 1. The fourth-order valence-corrected chi connectivity index (χ4v) is 11.6. The molecule has 0 aromatic rings. The van der Waals surface area contributed by atoms with Crippen LogP contribution >= 0.6 is 7.82 Å². The first kappa shape index (κ1) is 41.3. The van der Waals surface area contributed by atoms with E-state index >= 15 is 0 Å². The third kappa shape index (κ3) is 8.01. The van der Waals surface area contributed by atoms with Gasteiger partial charge in [-0.1, -0.05) is 54.4 Å². The van der Waals surface area contributed by atoms with Crippen LogP contribution in [0, 0.1) is 58.2 Å². The zero-order valence-electron chi connectivity index (χ0n) is 29.5. The van der Waals surface area contributed by atoms with Crippen molar-refractivity contribution in [2.75, 3.05) is 6.61 Å². The smallest absolute Gasteiger partial charge is 0.865 e. The summed E-state index contributed by atoms with van der Waals surface area (Å²) in [6, 6.07) is 0. The first-order valence-corrected chi connectivity index (χ1v) is 18.7. The standard InChI is InChI=1S/C34H57O9P.2Na/c1-19(2)20(3)7-8-21(4)25-11-12-26-24-10-9-22-17-23(13-15-33(22,5)27(24)14-16-34(25,26)6)42-44(39,40)43-31-29(37)32(38)41-30(31)28(36)18-35;;/h19-28,30,35-37H,7-18H2,1-6H3,(H,39,40);;/q;2*+1/p-2/t20-,21-,22+,23+,24+,25-,26+,27+,28+,30-,33+,34-;;/m1../s1. The molecule has 2 N–H and O–H groups in total. The molecule has 4 aliphatic carbocycles. The molecule has 0 radical (unpaired) electrons. The van der Waals surface area contributed by atoms with Crippen molar-refractivity contribution < 1.29 is 102 Å². The first-order chi connectivity index (χ1) is 20.6. The fraction of sp³-hybridized carbons (Fsp3) is 0.912. The van der Waals surface area contributed by atoms with Gasteiger partial charge < -0.3 is 34.0 Å². The van der Waals surface area contributed by atoms with E-state index in [4.69, 9.17) is 13.8 Å². The summed E-state index contributed by atoms with van der Waals surface area (Å²) in [4.78, 5) is 24.6. The van der Waals surface area contributed by atoms with Gasteiger partial charge in [0.2, 0.25) is 0 Å². The predicted octanol–water partition coefficient (Wildman–Crippen LogP) is -0.918. The third-order valence-electron chi connectivity index (χ3n) is 13.5. The van der Waals surface area contributed by atoms with Crippen LogP contribution in [0.25, 0.3) is 0 Å². The molecule has 4 fully saturated rings. The summed E-state index contributed by atoms with van der Waals surface area (Å²) >= 11 is 0. The second-order valence-electron chi connectivity index (χ2n) is 16.0. The Labute approximate surface area is 320 Å². The molecule has 12 heteroatoms. The number of hydrogen-bond donors (Lipinski definition) is 2. The summed E-state index contributed by atoms with van der Waals surface area (Å²) < 4.78 is 28.0. The minimum absolute atomic E-state index is 0. The average Bonchev–Trinajstić information content (AvgIpc) is 3.46. The van der Waals surface area contributed by atoms with E-state index in [1.165, 1.54) is 44.9 Å². The Hall–Kier alpha value is 0.880. The molecule has 0 saturated heterocycles. The van der Waals surface area contributed by atoms with E-state index in [2.05, 4.69) is 41.5 Å². The molecule has 9 nitrogen and oxygen atoms in total. The quantitative estimate of drug-likeness (QED) is 0.160. The Morgan fingerprint density at radius 3 is 2.28 bits per heavy atom. The van der Waals surface area contributed by atoms with Gasteiger partial charge in [-0.05, 0) is 116 Å². The number of fused-ring (bicyclic) bond motifs is 5. The van der Waals surface area contributed by atoms with Gasteiger partial charge in [0.1, 0.15) is 11.9 Å². The van der Waals surface area contributed by atoms with E-state index in [9.17, 15) is 29.6 Å². The van der Waals surface area contributed by atoms with Crippen molar-refractivity contribution >= 4 is 13.8 Å². The van der Waals surface area contributed by atoms with Gasteiger partial charge in [0, 0.05) is 5.76 Å². The van der Waals surface area contributed by atoms with Gasteiger partial charge in [0.15, 0.2) is 6.10 Å². The second kappa shape index (κ2) is 16.0. The number of hydrogen-bond acceptors (Lipinski definition) is 9. The van der Waals surface area contributed by atoms with Crippen molar-refractivity contribution in [3.8, 4) is 0 Å². The monoisotopic (exact) mass is 684 g/mol. The second-order valence-corrected chi connectivity index (χ2v) is 17.3. The van der Waals surface area contributed by atoms with E-state index < -0.39 is 50.2 Å². The maximum absolute atomic E-state index is 12.9. The number of aliphatic hydroxyl groups excluding tert-OH is 2. The number of rotatable bonds is 11. The molecule has 0 aromatic heterocycles. The fourth-order valence-electron chi connectivity index (χ4n) is 10.6. The van der Waals surface area contributed by atoms with E-state index in [1.807, 2.05) is 0 Å². The number of carbonyl (C=O) groups excluding carboxylic acids is 1. The summed E-state index contributed by atoms with van der Waals surface area (Å²) in [5.74, 6) is 2.06. The molecule has 1 unspecified atom stereocenters.